The first-order valence-electron chi connectivity index (χ1n) is 9.33. The number of thioether (sulfide) groups is 1. The number of methoxy groups -OCH3 is 1. The van der Waals surface area contributed by atoms with E-state index in [1.54, 1.807) is 32.3 Å². The fourth-order valence-electron chi connectivity index (χ4n) is 2.84. The van der Waals surface area contributed by atoms with E-state index in [0.29, 0.717) is 27.1 Å². The lowest BCUT2D eigenvalue weighted by Crippen LogP contribution is -2.23. The number of anilines is 1. The maximum absolute atomic E-state index is 12.4. The van der Waals surface area contributed by atoms with Crippen molar-refractivity contribution in [3.63, 3.8) is 0 Å². The smallest absolute Gasteiger partial charge is 0.266 e. The van der Waals surface area contributed by atoms with Crippen LogP contribution in [0.15, 0.2) is 46.3 Å². The van der Waals surface area contributed by atoms with Crippen molar-refractivity contribution in [1.29, 1.82) is 0 Å². The van der Waals surface area contributed by atoms with Crippen molar-refractivity contribution in [2.45, 2.75) is 6.92 Å². The molecule has 0 spiro atoms. The van der Waals surface area contributed by atoms with Gasteiger partial charge in [-0.15, -0.1) is 0 Å². The van der Waals surface area contributed by atoms with Crippen LogP contribution < -0.4 is 14.8 Å². The maximum Gasteiger partial charge on any atom is 0.266 e. The molecule has 0 aliphatic carbocycles. The minimum absolute atomic E-state index is 0.145. The SMILES string of the molecule is CN=C1S/C(=C\c2cc(Cl)c(OCC(=O)Nc3ccc(C)cc3)c(OC)c2)C(=O)N1C. The first-order valence-corrected chi connectivity index (χ1v) is 10.5. The summed E-state index contributed by atoms with van der Waals surface area (Å²) in [5, 5.41) is 3.65. The van der Waals surface area contributed by atoms with E-state index in [9.17, 15) is 9.59 Å². The number of hydrogen-bond acceptors (Lipinski definition) is 6. The van der Waals surface area contributed by atoms with Crippen LogP contribution in [0.5, 0.6) is 11.5 Å². The van der Waals surface area contributed by atoms with Crippen LogP contribution in [0, 0.1) is 6.92 Å². The number of ether oxygens (including phenoxy) is 2. The van der Waals surface area contributed by atoms with Gasteiger partial charge in [0.2, 0.25) is 0 Å². The Kier molecular flexibility index (Phi) is 7.25. The van der Waals surface area contributed by atoms with Crippen LogP contribution >= 0.6 is 23.4 Å². The average Bonchev–Trinajstić information content (AvgIpc) is 3.02. The molecule has 2 aromatic carbocycles. The van der Waals surface area contributed by atoms with Gasteiger partial charge in [0.1, 0.15) is 0 Å². The molecule has 1 fully saturated rings. The Morgan fingerprint density at radius 2 is 2.00 bits per heavy atom. The molecule has 1 saturated heterocycles. The number of halogens is 1. The zero-order chi connectivity index (χ0) is 22.5. The molecular formula is C22H22ClN3O4S. The van der Waals surface area contributed by atoms with E-state index < -0.39 is 0 Å². The number of aliphatic imine (C=N–C) groups is 1. The number of benzene rings is 2. The van der Waals surface area contributed by atoms with E-state index in [4.69, 9.17) is 21.1 Å². The number of rotatable bonds is 6. The third kappa shape index (κ3) is 5.39. The van der Waals surface area contributed by atoms with E-state index in [-0.39, 0.29) is 29.2 Å². The maximum atomic E-state index is 12.4. The zero-order valence-electron chi connectivity index (χ0n) is 17.6. The van der Waals surface area contributed by atoms with Gasteiger partial charge >= 0.3 is 0 Å². The predicted octanol–water partition coefficient (Wildman–Crippen LogP) is 4.21. The Balaban J connectivity index is 1.74. The van der Waals surface area contributed by atoms with Gasteiger partial charge in [-0.2, -0.15) is 0 Å². The molecule has 7 nitrogen and oxygen atoms in total. The third-order valence-electron chi connectivity index (χ3n) is 4.43. The summed E-state index contributed by atoms with van der Waals surface area (Å²) in [5.74, 6) is 0.142. The first kappa shape index (κ1) is 22.7. The highest BCUT2D eigenvalue weighted by molar-refractivity contribution is 8.18. The van der Waals surface area contributed by atoms with E-state index in [0.717, 1.165) is 5.56 Å². The Morgan fingerprint density at radius 1 is 1.29 bits per heavy atom. The normalized spacial score (nSPS) is 16.2. The number of carbonyl (C=O) groups is 2. The first-order chi connectivity index (χ1) is 14.8. The van der Waals surface area contributed by atoms with Crippen LogP contribution in [0.3, 0.4) is 0 Å². The summed E-state index contributed by atoms with van der Waals surface area (Å²) < 4.78 is 11.0. The number of aryl methyl sites for hydroxylation is 1. The molecule has 0 aromatic heterocycles. The Bertz CT molecular complexity index is 1070. The number of carbonyl (C=O) groups excluding carboxylic acids is 2. The molecule has 0 saturated carbocycles. The van der Waals surface area contributed by atoms with Crippen molar-refractivity contribution in [1.82, 2.24) is 4.90 Å². The van der Waals surface area contributed by atoms with Crippen LogP contribution in [0.4, 0.5) is 5.69 Å². The molecule has 31 heavy (non-hydrogen) atoms. The molecule has 0 radical (unpaired) electrons. The van der Waals surface area contributed by atoms with Crippen molar-refractivity contribution in [2.24, 2.45) is 4.99 Å². The quantitative estimate of drug-likeness (QED) is 0.654. The minimum Gasteiger partial charge on any atom is -0.493 e. The molecule has 162 valence electrons. The molecule has 2 amide bonds. The number of nitrogens with one attached hydrogen (secondary N) is 1. The molecule has 9 heteroatoms. The molecule has 0 unspecified atom stereocenters. The van der Waals surface area contributed by atoms with Gasteiger partial charge in [-0.3, -0.25) is 19.5 Å². The molecule has 0 bridgehead atoms. The minimum atomic E-state index is -0.324. The van der Waals surface area contributed by atoms with Crippen LogP contribution in [-0.4, -0.2) is 49.7 Å². The summed E-state index contributed by atoms with van der Waals surface area (Å²) in [6.07, 6.45) is 1.71. The van der Waals surface area contributed by atoms with Gasteiger partial charge in [0.05, 0.1) is 17.0 Å². The Labute approximate surface area is 190 Å². The lowest BCUT2D eigenvalue weighted by Gasteiger charge is -2.13. The molecule has 2 aromatic rings. The van der Waals surface area contributed by atoms with E-state index in [2.05, 4.69) is 10.3 Å². The number of likely N-dealkylation sites (N-methyl/N-ethyl adjacent to an activating group) is 1. The van der Waals surface area contributed by atoms with E-state index >= 15 is 0 Å². The van der Waals surface area contributed by atoms with Crippen LogP contribution in [0.2, 0.25) is 5.02 Å². The van der Waals surface area contributed by atoms with Gasteiger partial charge in [-0.25, -0.2) is 0 Å². The van der Waals surface area contributed by atoms with Crippen molar-refractivity contribution in [2.75, 3.05) is 33.1 Å². The topological polar surface area (TPSA) is 80.2 Å². The second-order valence-corrected chi connectivity index (χ2v) is 8.13. The van der Waals surface area contributed by atoms with Crippen molar-refractivity contribution in [3.05, 3.63) is 57.5 Å². The second kappa shape index (κ2) is 9.89. The van der Waals surface area contributed by atoms with E-state index in [1.807, 2.05) is 31.2 Å². The fraction of sp³-hybridized carbons (Fsp3) is 0.227. The predicted molar refractivity (Wildman–Crippen MR) is 125 cm³/mol. The Hall–Kier alpha value is -2.97. The molecule has 1 aliphatic heterocycles. The van der Waals surface area contributed by atoms with Crippen LogP contribution in [0.25, 0.3) is 6.08 Å². The van der Waals surface area contributed by atoms with Crippen LogP contribution in [0.1, 0.15) is 11.1 Å². The standard InChI is InChI=1S/C22H22ClN3O4S/c1-13-5-7-15(8-6-13)25-19(27)12-30-20-16(23)9-14(10-17(20)29-4)11-18-21(28)26(3)22(24-2)31-18/h5-11H,12H2,1-4H3,(H,25,27)/b18-11-,24-22?. The number of amidine groups is 1. The van der Waals surface area contributed by atoms with Gasteiger partial charge in [0.25, 0.3) is 11.8 Å². The summed E-state index contributed by atoms with van der Waals surface area (Å²) in [4.78, 5) is 30.7. The molecule has 1 heterocycles. The fourth-order valence-corrected chi connectivity index (χ4v) is 4.04. The van der Waals surface area contributed by atoms with Gasteiger partial charge in [-0.05, 0) is 54.6 Å². The van der Waals surface area contributed by atoms with Crippen LogP contribution in [-0.2, 0) is 9.59 Å². The highest BCUT2D eigenvalue weighted by atomic mass is 35.5. The zero-order valence-corrected chi connectivity index (χ0v) is 19.1. The highest BCUT2D eigenvalue weighted by Crippen LogP contribution is 2.38. The third-order valence-corrected chi connectivity index (χ3v) is 5.86. The largest absolute Gasteiger partial charge is 0.493 e. The van der Waals surface area contributed by atoms with Crippen molar-refractivity contribution >= 4 is 52.1 Å². The summed E-state index contributed by atoms with van der Waals surface area (Å²) >= 11 is 7.67. The summed E-state index contributed by atoms with van der Waals surface area (Å²) in [5.41, 5.74) is 2.45. The molecule has 1 aliphatic rings. The van der Waals surface area contributed by atoms with Gasteiger partial charge < -0.3 is 14.8 Å². The molecule has 0 atom stereocenters. The Morgan fingerprint density at radius 3 is 2.61 bits per heavy atom. The van der Waals surface area contributed by atoms with Crippen molar-refractivity contribution in [3.8, 4) is 11.5 Å². The number of nitrogens with zero attached hydrogens (tertiary/aromatic N) is 2. The summed E-state index contributed by atoms with van der Waals surface area (Å²) in [6.45, 7) is 1.73. The summed E-state index contributed by atoms with van der Waals surface area (Å²) in [7, 11) is 4.79. The molecular weight excluding hydrogens is 438 g/mol. The van der Waals surface area contributed by atoms with Gasteiger partial charge in [0, 0.05) is 19.8 Å². The number of hydrogen-bond donors (Lipinski definition) is 1. The van der Waals surface area contributed by atoms with E-state index in [1.165, 1.54) is 23.8 Å². The second-order valence-electron chi connectivity index (χ2n) is 6.72. The summed E-state index contributed by atoms with van der Waals surface area (Å²) in [6, 6.07) is 10.8. The monoisotopic (exact) mass is 459 g/mol. The van der Waals surface area contributed by atoms with Crippen molar-refractivity contribution < 1.29 is 19.1 Å². The lowest BCUT2D eigenvalue weighted by atomic mass is 10.2. The lowest BCUT2D eigenvalue weighted by molar-refractivity contribution is -0.121. The molecule has 1 N–H and O–H groups in total. The average molecular weight is 460 g/mol. The molecule has 3 rings (SSSR count). The van der Waals surface area contributed by atoms with Gasteiger partial charge in [0.15, 0.2) is 23.3 Å². The van der Waals surface area contributed by atoms with Gasteiger partial charge in [-0.1, -0.05) is 29.3 Å². The highest BCUT2D eigenvalue weighted by Gasteiger charge is 2.29. The number of amides is 2.